The third-order valence-electron chi connectivity index (χ3n) is 6.89. The zero-order valence-electron chi connectivity index (χ0n) is 21.9. The Hall–Kier alpha value is -3.19. The fraction of sp³-hybridized carbons (Fsp3) is 0.483. The van der Waals surface area contributed by atoms with Gasteiger partial charge in [-0.3, -0.25) is 9.69 Å². The molecule has 1 aromatic heterocycles. The van der Waals surface area contributed by atoms with E-state index < -0.39 is 0 Å². The molecular formula is C29H38N4O3. The summed E-state index contributed by atoms with van der Waals surface area (Å²) in [6.07, 6.45) is 3.56. The van der Waals surface area contributed by atoms with E-state index >= 15 is 0 Å². The summed E-state index contributed by atoms with van der Waals surface area (Å²) in [6, 6.07) is 16.5. The van der Waals surface area contributed by atoms with Crippen molar-refractivity contribution in [2.75, 3.05) is 26.7 Å². The summed E-state index contributed by atoms with van der Waals surface area (Å²) >= 11 is 0. The highest BCUT2D eigenvalue weighted by molar-refractivity contribution is 5.78. The zero-order valence-corrected chi connectivity index (χ0v) is 21.9. The van der Waals surface area contributed by atoms with Gasteiger partial charge >= 0.3 is 0 Å². The zero-order chi connectivity index (χ0) is 25.5. The number of benzene rings is 2. The Morgan fingerprint density at radius 2 is 1.78 bits per heavy atom. The lowest BCUT2D eigenvalue weighted by Gasteiger charge is -2.30. The molecule has 7 heteroatoms. The van der Waals surface area contributed by atoms with E-state index in [9.17, 15) is 4.79 Å². The van der Waals surface area contributed by atoms with E-state index in [1.54, 1.807) is 7.11 Å². The van der Waals surface area contributed by atoms with E-state index in [4.69, 9.17) is 9.26 Å². The number of methoxy groups -OCH3 is 1. The molecule has 1 aliphatic heterocycles. The van der Waals surface area contributed by atoms with Crippen molar-refractivity contribution in [1.82, 2.24) is 20.4 Å². The van der Waals surface area contributed by atoms with E-state index in [1.165, 1.54) is 11.1 Å². The number of ether oxygens (including phenoxy) is 1. The van der Waals surface area contributed by atoms with Gasteiger partial charge in [-0.25, -0.2) is 0 Å². The van der Waals surface area contributed by atoms with Gasteiger partial charge < -0.3 is 14.6 Å². The van der Waals surface area contributed by atoms with Crippen molar-refractivity contribution in [2.24, 2.45) is 5.92 Å². The molecule has 1 aliphatic rings. The quantitative estimate of drug-likeness (QED) is 0.425. The third kappa shape index (κ3) is 6.94. The number of carbonyl (C=O) groups excluding carboxylic acids is 1. The topological polar surface area (TPSA) is 80.5 Å². The highest BCUT2D eigenvalue weighted by atomic mass is 16.5. The number of nitrogens with zero attached hydrogens (tertiary/aromatic N) is 3. The first-order valence-corrected chi connectivity index (χ1v) is 12.9. The van der Waals surface area contributed by atoms with Crippen LogP contribution in [0.1, 0.15) is 57.1 Å². The van der Waals surface area contributed by atoms with Crippen molar-refractivity contribution >= 4 is 5.91 Å². The molecule has 0 bridgehead atoms. The lowest BCUT2D eigenvalue weighted by Crippen LogP contribution is -2.40. The molecule has 0 radical (unpaired) electrons. The molecular weight excluding hydrogens is 452 g/mol. The maximum absolute atomic E-state index is 12.6. The third-order valence-corrected chi connectivity index (χ3v) is 6.89. The van der Waals surface area contributed by atoms with Gasteiger partial charge in [0.2, 0.25) is 17.6 Å². The smallest absolute Gasteiger partial charge is 0.241 e. The summed E-state index contributed by atoms with van der Waals surface area (Å²) in [6.45, 7) is 9.61. The number of aromatic nitrogens is 2. The summed E-state index contributed by atoms with van der Waals surface area (Å²) in [5, 5.41) is 7.30. The molecule has 1 saturated heterocycles. The molecule has 0 aliphatic carbocycles. The minimum Gasteiger partial charge on any atom is -0.497 e. The predicted octanol–water partition coefficient (Wildman–Crippen LogP) is 5.00. The summed E-state index contributed by atoms with van der Waals surface area (Å²) < 4.78 is 10.7. The Labute approximate surface area is 214 Å². The summed E-state index contributed by atoms with van der Waals surface area (Å²) in [5.74, 6) is 2.34. The van der Waals surface area contributed by atoms with Crippen molar-refractivity contribution in [1.29, 1.82) is 0 Å². The van der Waals surface area contributed by atoms with Crippen LogP contribution in [0.2, 0.25) is 0 Å². The van der Waals surface area contributed by atoms with Crippen molar-refractivity contribution in [2.45, 2.75) is 58.4 Å². The number of aryl methyl sites for hydroxylation is 1. The number of nitrogens with one attached hydrogen (secondary N) is 1. The highest BCUT2D eigenvalue weighted by Gasteiger charge is 2.26. The molecule has 2 heterocycles. The number of hydrogen-bond acceptors (Lipinski definition) is 6. The largest absolute Gasteiger partial charge is 0.497 e. The maximum Gasteiger partial charge on any atom is 0.241 e. The first kappa shape index (κ1) is 25.9. The monoisotopic (exact) mass is 490 g/mol. The molecule has 0 unspecified atom stereocenters. The predicted molar refractivity (Wildman–Crippen MR) is 141 cm³/mol. The van der Waals surface area contributed by atoms with Gasteiger partial charge in [-0.05, 0) is 67.4 Å². The molecule has 192 valence electrons. The van der Waals surface area contributed by atoms with E-state index in [-0.39, 0.29) is 17.2 Å². The summed E-state index contributed by atoms with van der Waals surface area (Å²) in [5.41, 5.74) is 3.60. The molecule has 3 aromatic rings. The molecule has 0 saturated carbocycles. The van der Waals surface area contributed by atoms with E-state index in [1.807, 2.05) is 12.1 Å². The number of piperidine rings is 1. The van der Waals surface area contributed by atoms with Gasteiger partial charge in [0.1, 0.15) is 5.75 Å². The van der Waals surface area contributed by atoms with Crippen LogP contribution in [0.3, 0.4) is 0 Å². The van der Waals surface area contributed by atoms with Gasteiger partial charge in [0.25, 0.3) is 0 Å². The summed E-state index contributed by atoms with van der Waals surface area (Å²) in [7, 11) is 1.67. The Kier molecular flexibility index (Phi) is 8.41. The minimum atomic E-state index is 0.0711. The van der Waals surface area contributed by atoms with Gasteiger partial charge in [0, 0.05) is 18.0 Å². The molecule has 1 fully saturated rings. The highest BCUT2D eigenvalue weighted by Crippen LogP contribution is 2.25. The van der Waals surface area contributed by atoms with Crippen molar-refractivity contribution in [3.05, 3.63) is 65.5 Å². The molecule has 2 aromatic carbocycles. The van der Waals surface area contributed by atoms with Crippen molar-refractivity contribution in [3.8, 4) is 17.1 Å². The van der Waals surface area contributed by atoms with Crippen LogP contribution in [0.15, 0.2) is 53.1 Å². The average Bonchev–Trinajstić information content (AvgIpc) is 3.35. The van der Waals surface area contributed by atoms with E-state index in [2.05, 4.69) is 77.5 Å². The molecule has 0 spiro atoms. The van der Waals surface area contributed by atoms with Crippen LogP contribution in [0.25, 0.3) is 11.4 Å². The van der Waals surface area contributed by atoms with Gasteiger partial charge in [-0.2, -0.15) is 4.98 Å². The number of carbonyl (C=O) groups is 1. The minimum absolute atomic E-state index is 0.0711. The molecule has 4 rings (SSSR count). The van der Waals surface area contributed by atoms with Gasteiger partial charge in [0.15, 0.2) is 0 Å². The number of hydrogen-bond donors (Lipinski definition) is 1. The molecule has 1 N–H and O–H groups in total. The van der Waals surface area contributed by atoms with Crippen LogP contribution in [0.4, 0.5) is 0 Å². The van der Waals surface area contributed by atoms with Gasteiger partial charge in [-0.15, -0.1) is 0 Å². The lowest BCUT2D eigenvalue weighted by atomic mass is 9.87. The number of amides is 1. The van der Waals surface area contributed by atoms with Crippen molar-refractivity contribution < 1.29 is 14.1 Å². The second kappa shape index (κ2) is 11.7. The van der Waals surface area contributed by atoms with Crippen LogP contribution >= 0.6 is 0 Å². The fourth-order valence-electron chi connectivity index (χ4n) is 4.54. The molecule has 7 nitrogen and oxygen atoms in total. The first-order chi connectivity index (χ1) is 17.3. The number of rotatable bonds is 9. The molecule has 36 heavy (non-hydrogen) atoms. The maximum atomic E-state index is 12.6. The second-order valence-corrected chi connectivity index (χ2v) is 10.6. The average molecular weight is 491 g/mol. The van der Waals surface area contributed by atoms with Crippen LogP contribution < -0.4 is 10.1 Å². The lowest BCUT2D eigenvalue weighted by molar-refractivity contribution is -0.126. The van der Waals surface area contributed by atoms with Crippen LogP contribution in [-0.2, 0) is 23.2 Å². The molecule has 1 amide bonds. The van der Waals surface area contributed by atoms with Gasteiger partial charge in [-0.1, -0.05) is 62.3 Å². The standard InChI is InChI=1S/C29H38N4O3/c1-29(2,3)24-11-9-22(10-12-24)27-31-26(36-32-27)20-33-18-15-23(16-19-33)28(34)30-17-5-6-21-7-13-25(35-4)14-8-21/h7-14,23H,5-6,15-20H2,1-4H3,(H,30,34). The molecule has 0 atom stereocenters. The first-order valence-electron chi connectivity index (χ1n) is 12.9. The Bertz CT molecular complexity index is 1110. The SMILES string of the molecule is COc1ccc(CCCNC(=O)C2CCN(Cc3nc(-c4ccc(C(C)(C)C)cc4)no3)CC2)cc1. The fourth-order valence-corrected chi connectivity index (χ4v) is 4.54. The Morgan fingerprint density at radius 3 is 2.42 bits per heavy atom. The number of likely N-dealkylation sites (tertiary alicyclic amines) is 1. The normalized spacial score (nSPS) is 15.1. The van der Waals surface area contributed by atoms with Crippen LogP contribution in [0, 0.1) is 5.92 Å². The van der Waals surface area contributed by atoms with E-state index in [0.29, 0.717) is 24.8 Å². The summed E-state index contributed by atoms with van der Waals surface area (Å²) in [4.78, 5) is 19.5. The van der Waals surface area contributed by atoms with Gasteiger partial charge in [0.05, 0.1) is 13.7 Å². The second-order valence-electron chi connectivity index (χ2n) is 10.6. The van der Waals surface area contributed by atoms with E-state index in [0.717, 1.165) is 50.1 Å². The van der Waals surface area contributed by atoms with Crippen molar-refractivity contribution in [3.63, 3.8) is 0 Å². The van der Waals surface area contributed by atoms with Crippen LogP contribution in [-0.4, -0.2) is 47.7 Å². The Morgan fingerprint density at radius 1 is 1.08 bits per heavy atom. The Balaban J connectivity index is 1.17. The van der Waals surface area contributed by atoms with Crippen LogP contribution in [0.5, 0.6) is 5.75 Å².